The first-order valence-electron chi connectivity index (χ1n) is 7.36. The van der Waals surface area contributed by atoms with Crippen LogP contribution in [-0.2, 0) is 16.1 Å². The third-order valence-corrected chi connectivity index (χ3v) is 4.22. The van der Waals surface area contributed by atoms with Crippen molar-refractivity contribution in [1.29, 1.82) is 0 Å². The zero-order chi connectivity index (χ0) is 17.5. The Morgan fingerprint density at radius 2 is 1.75 bits per heavy atom. The number of ether oxygens (including phenoxy) is 1. The van der Waals surface area contributed by atoms with Crippen molar-refractivity contribution in [1.82, 2.24) is 4.90 Å². The zero-order valence-corrected chi connectivity index (χ0v) is 14.7. The number of halogens is 2. The molecule has 0 aromatic heterocycles. The molecule has 4 nitrogen and oxygen atoms in total. The van der Waals surface area contributed by atoms with E-state index >= 15 is 0 Å². The van der Waals surface area contributed by atoms with Crippen LogP contribution in [-0.4, -0.2) is 30.4 Å². The summed E-state index contributed by atoms with van der Waals surface area (Å²) in [4.78, 5) is 25.8. The molecular formula is C18H17Cl2NO3. The maximum absolute atomic E-state index is 12.8. The molecular weight excluding hydrogens is 349 g/mol. The molecule has 0 radical (unpaired) electrons. The predicted molar refractivity (Wildman–Crippen MR) is 94.3 cm³/mol. The molecule has 0 aliphatic heterocycles. The second-order valence-electron chi connectivity index (χ2n) is 5.17. The Bertz CT molecular complexity index is 719. The molecule has 0 fully saturated rings. The van der Waals surface area contributed by atoms with Gasteiger partial charge in [-0.25, -0.2) is 0 Å². The normalized spacial score (nSPS) is 10.3. The van der Waals surface area contributed by atoms with E-state index in [0.29, 0.717) is 22.2 Å². The lowest BCUT2D eigenvalue weighted by Crippen LogP contribution is -2.32. The summed E-state index contributed by atoms with van der Waals surface area (Å²) in [7, 11) is 1.32. The van der Waals surface area contributed by atoms with Gasteiger partial charge in [-0.2, -0.15) is 0 Å². The van der Waals surface area contributed by atoms with Crippen LogP contribution in [0.25, 0.3) is 0 Å². The Balaban J connectivity index is 2.20. The van der Waals surface area contributed by atoms with Gasteiger partial charge in [0, 0.05) is 18.7 Å². The molecule has 0 aliphatic carbocycles. The summed E-state index contributed by atoms with van der Waals surface area (Å²) in [6.45, 7) is 0.636. The van der Waals surface area contributed by atoms with Crippen LogP contribution < -0.4 is 0 Å². The topological polar surface area (TPSA) is 46.6 Å². The predicted octanol–water partition coefficient (Wildman–Crippen LogP) is 4.20. The van der Waals surface area contributed by atoms with Crippen molar-refractivity contribution in [3.8, 4) is 0 Å². The maximum atomic E-state index is 12.8. The highest BCUT2D eigenvalue weighted by Crippen LogP contribution is 2.23. The Hall–Kier alpha value is -2.04. The van der Waals surface area contributed by atoms with Gasteiger partial charge in [0.1, 0.15) is 0 Å². The van der Waals surface area contributed by atoms with Crippen molar-refractivity contribution in [2.24, 2.45) is 0 Å². The lowest BCUT2D eigenvalue weighted by molar-refractivity contribution is -0.140. The number of carbonyl (C=O) groups is 2. The van der Waals surface area contributed by atoms with Gasteiger partial charge in [-0.15, -0.1) is 0 Å². The molecule has 6 heteroatoms. The lowest BCUT2D eigenvalue weighted by Gasteiger charge is -2.22. The van der Waals surface area contributed by atoms with Crippen LogP contribution in [0.15, 0.2) is 48.5 Å². The number of methoxy groups -OCH3 is 1. The summed E-state index contributed by atoms with van der Waals surface area (Å²) in [5, 5.41) is 0.701. The smallest absolute Gasteiger partial charge is 0.307 e. The largest absolute Gasteiger partial charge is 0.469 e. The highest BCUT2D eigenvalue weighted by atomic mass is 35.5. The minimum Gasteiger partial charge on any atom is -0.469 e. The summed E-state index contributed by atoms with van der Waals surface area (Å²) in [5.41, 5.74) is 1.39. The van der Waals surface area contributed by atoms with E-state index in [1.807, 2.05) is 30.3 Å². The Labute approximate surface area is 150 Å². The number of carbonyl (C=O) groups excluding carboxylic acids is 2. The lowest BCUT2D eigenvalue weighted by atomic mass is 10.1. The van der Waals surface area contributed by atoms with Crippen molar-refractivity contribution in [2.75, 3.05) is 13.7 Å². The third kappa shape index (κ3) is 4.98. The van der Waals surface area contributed by atoms with E-state index in [9.17, 15) is 9.59 Å². The number of nitrogens with zero attached hydrogens (tertiary/aromatic N) is 1. The van der Waals surface area contributed by atoms with E-state index in [1.54, 1.807) is 17.0 Å². The molecule has 24 heavy (non-hydrogen) atoms. The van der Waals surface area contributed by atoms with Crippen molar-refractivity contribution >= 4 is 35.1 Å². The van der Waals surface area contributed by atoms with Gasteiger partial charge in [-0.1, -0.05) is 53.5 Å². The molecule has 2 aromatic rings. The molecule has 0 heterocycles. The fourth-order valence-electron chi connectivity index (χ4n) is 2.20. The van der Waals surface area contributed by atoms with Gasteiger partial charge in [-0.05, 0) is 23.8 Å². The average molecular weight is 366 g/mol. The number of rotatable bonds is 6. The minimum atomic E-state index is -0.366. The van der Waals surface area contributed by atoms with Gasteiger partial charge in [0.2, 0.25) is 0 Å². The number of amides is 1. The quantitative estimate of drug-likeness (QED) is 0.720. The maximum Gasteiger partial charge on any atom is 0.307 e. The van der Waals surface area contributed by atoms with Crippen LogP contribution in [0.3, 0.4) is 0 Å². The zero-order valence-electron chi connectivity index (χ0n) is 13.2. The summed E-state index contributed by atoms with van der Waals surface area (Å²) >= 11 is 11.9. The second-order valence-corrected chi connectivity index (χ2v) is 5.98. The van der Waals surface area contributed by atoms with Crippen molar-refractivity contribution in [3.63, 3.8) is 0 Å². The molecule has 0 saturated carbocycles. The van der Waals surface area contributed by atoms with E-state index < -0.39 is 0 Å². The number of esters is 1. The van der Waals surface area contributed by atoms with E-state index in [4.69, 9.17) is 23.2 Å². The first-order valence-corrected chi connectivity index (χ1v) is 8.12. The summed E-state index contributed by atoms with van der Waals surface area (Å²) < 4.78 is 4.66. The molecule has 0 N–H and O–H groups in total. The summed E-state index contributed by atoms with van der Waals surface area (Å²) in [6, 6.07) is 14.3. The molecule has 0 aliphatic rings. The summed E-state index contributed by atoms with van der Waals surface area (Å²) in [5.74, 6) is -0.587. The number of benzene rings is 2. The van der Waals surface area contributed by atoms with Crippen LogP contribution in [0.2, 0.25) is 10.0 Å². The molecule has 0 saturated heterocycles. The molecule has 0 atom stereocenters. The molecule has 0 unspecified atom stereocenters. The van der Waals surface area contributed by atoms with Gasteiger partial charge in [0.15, 0.2) is 0 Å². The van der Waals surface area contributed by atoms with Gasteiger partial charge in [0.05, 0.1) is 23.6 Å². The van der Waals surface area contributed by atoms with E-state index in [-0.39, 0.29) is 24.8 Å². The summed E-state index contributed by atoms with van der Waals surface area (Å²) in [6.07, 6.45) is 0.121. The fraction of sp³-hybridized carbons (Fsp3) is 0.222. The van der Waals surface area contributed by atoms with Crippen molar-refractivity contribution in [2.45, 2.75) is 13.0 Å². The molecule has 126 valence electrons. The Kier molecular flexibility index (Phi) is 6.64. The SMILES string of the molecule is COC(=O)CCN(Cc1ccccc1)C(=O)c1ccc(Cl)c(Cl)c1. The van der Waals surface area contributed by atoms with Gasteiger partial charge in [0.25, 0.3) is 5.91 Å². The van der Waals surface area contributed by atoms with Gasteiger partial charge >= 0.3 is 5.97 Å². The van der Waals surface area contributed by atoms with E-state index in [2.05, 4.69) is 4.74 Å². The highest BCUT2D eigenvalue weighted by Gasteiger charge is 2.18. The molecule has 0 spiro atoms. The first-order chi connectivity index (χ1) is 11.5. The van der Waals surface area contributed by atoms with Crippen molar-refractivity contribution in [3.05, 3.63) is 69.7 Å². The monoisotopic (exact) mass is 365 g/mol. The van der Waals surface area contributed by atoms with E-state index in [0.717, 1.165) is 5.56 Å². The van der Waals surface area contributed by atoms with Gasteiger partial charge in [-0.3, -0.25) is 9.59 Å². The van der Waals surface area contributed by atoms with Gasteiger partial charge < -0.3 is 9.64 Å². The molecule has 1 amide bonds. The van der Waals surface area contributed by atoms with Crippen LogP contribution >= 0.6 is 23.2 Å². The minimum absolute atomic E-state index is 0.121. The fourth-order valence-corrected chi connectivity index (χ4v) is 2.49. The average Bonchev–Trinajstić information content (AvgIpc) is 2.60. The Morgan fingerprint density at radius 1 is 1.04 bits per heavy atom. The van der Waals surface area contributed by atoms with Crippen LogP contribution in [0, 0.1) is 0 Å². The number of hydrogen-bond acceptors (Lipinski definition) is 3. The highest BCUT2D eigenvalue weighted by molar-refractivity contribution is 6.42. The van der Waals surface area contributed by atoms with Crippen LogP contribution in [0.4, 0.5) is 0 Å². The standard InChI is InChI=1S/C18H17Cl2NO3/c1-24-17(22)9-10-21(12-13-5-3-2-4-6-13)18(23)14-7-8-15(19)16(20)11-14/h2-8,11H,9-10,12H2,1H3. The molecule has 0 bridgehead atoms. The first kappa shape index (κ1) is 18.3. The van der Waals surface area contributed by atoms with Crippen molar-refractivity contribution < 1.29 is 14.3 Å². The second kappa shape index (κ2) is 8.71. The molecule has 2 aromatic carbocycles. The third-order valence-electron chi connectivity index (χ3n) is 3.48. The Morgan fingerprint density at radius 3 is 2.38 bits per heavy atom. The number of hydrogen-bond donors (Lipinski definition) is 0. The van der Waals surface area contributed by atoms with Crippen LogP contribution in [0.5, 0.6) is 0 Å². The van der Waals surface area contributed by atoms with E-state index in [1.165, 1.54) is 13.2 Å². The molecule has 2 rings (SSSR count). The van der Waals surface area contributed by atoms with Crippen LogP contribution in [0.1, 0.15) is 22.3 Å².